The largest absolute Gasteiger partial charge is 0.490 e. The van der Waals surface area contributed by atoms with Crippen LogP contribution < -0.4 is 9.47 Å². The monoisotopic (exact) mass is 257 g/mol. The molecule has 0 bridgehead atoms. The summed E-state index contributed by atoms with van der Waals surface area (Å²) in [5.41, 5.74) is 1.42. The molecule has 0 aliphatic carbocycles. The number of aldehydes is 1. The van der Waals surface area contributed by atoms with Gasteiger partial charge in [0.1, 0.15) is 6.61 Å². The van der Waals surface area contributed by atoms with Gasteiger partial charge in [0.15, 0.2) is 17.8 Å². The molecule has 0 atom stereocenters. The van der Waals surface area contributed by atoms with E-state index in [0.29, 0.717) is 30.3 Å². The summed E-state index contributed by atoms with van der Waals surface area (Å²) in [6.45, 7) is 2.75. The summed E-state index contributed by atoms with van der Waals surface area (Å²) in [4.78, 5) is 15.1. The van der Waals surface area contributed by atoms with Crippen molar-refractivity contribution in [2.75, 3.05) is 6.61 Å². The number of aromatic nitrogens is 1. The fourth-order valence-electron chi connectivity index (χ4n) is 1.69. The fourth-order valence-corrected chi connectivity index (χ4v) is 1.69. The van der Waals surface area contributed by atoms with Gasteiger partial charge in [-0.3, -0.25) is 9.78 Å². The Labute approximate surface area is 112 Å². The molecule has 0 radical (unpaired) electrons. The third-order valence-corrected chi connectivity index (χ3v) is 2.54. The summed E-state index contributed by atoms with van der Waals surface area (Å²) in [7, 11) is 0. The van der Waals surface area contributed by atoms with Crippen LogP contribution in [-0.2, 0) is 6.61 Å². The Kier molecular flexibility index (Phi) is 4.50. The van der Waals surface area contributed by atoms with Crippen molar-refractivity contribution in [1.29, 1.82) is 0 Å². The summed E-state index contributed by atoms with van der Waals surface area (Å²) in [5, 5.41) is 0. The highest BCUT2D eigenvalue weighted by atomic mass is 16.5. The van der Waals surface area contributed by atoms with Crippen LogP contribution in [0.15, 0.2) is 42.7 Å². The van der Waals surface area contributed by atoms with Crippen LogP contribution in [0.2, 0.25) is 0 Å². The topological polar surface area (TPSA) is 48.4 Å². The van der Waals surface area contributed by atoms with E-state index in [4.69, 9.17) is 9.47 Å². The van der Waals surface area contributed by atoms with Crippen molar-refractivity contribution in [3.63, 3.8) is 0 Å². The normalized spacial score (nSPS) is 9.95. The third kappa shape index (κ3) is 3.31. The zero-order valence-electron chi connectivity index (χ0n) is 10.7. The number of benzene rings is 1. The van der Waals surface area contributed by atoms with E-state index in [1.54, 1.807) is 30.6 Å². The van der Waals surface area contributed by atoms with E-state index in [0.717, 1.165) is 11.8 Å². The lowest BCUT2D eigenvalue weighted by Crippen LogP contribution is -2.02. The average Bonchev–Trinajstić information content (AvgIpc) is 2.47. The first-order valence-electron chi connectivity index (χ1n) is 6.08. The van der Waals surface area contributed by atoms with Crippen LogP contribution in [0.25, 0.3) is 0 Å². The fraction of sp³-hybridized carbons (Fsp3) is 0.200. The summed E-state index contributed by atoms with van der Waals surface area (Å²) in [6, 6.07) is 9.01. The molecule has 2 rings (SSSR count). The predicted octanol–water partition coefficient (Wildman–Crippen LogP) is 2.87. The van der Waals surface area contributed by atoms with E-state index in [1.807, 2.05) is 19.1 Å². The molecule has 98 valence electrons. The first-order chi connectivity index (χ1) is 9.35. The molecule has 2 aromatic rings. The lowest BCUT2D eigenvalue weighted by atomic mass is 10.2. The Bertz CT molecular complexity index is 540. The van der Waals surface area contributed by atoms with E-state index < -0.39 is 0 Å². The molecule has 19 heavy (non-hydrogen) atoms. The van der Waals surface area contributed by atoms with Crippen molar-refractivity contribution in [2.24, 2.45) is 0 Å². The number of hydrogen-bond acceptors (Lipinski definition) is 4. The summed E-state index contributed by atoms with van der Waals surface area (Å²) in [5.74, 6) is 1.05. The first kappa shape index (κ1) is 13.1. The standard InChI is InChI=1S/C15H15NO3/c1-2-18-14-7-3-6-13(10-17)15(14)19-11-12-5-4-8-16-9-12/h3-10H,2,11H2,1H3. The number of para-hydroxylation sites is 1. The zero-order chi connectivity index (χ0) is 13.5. The maximum absolute atomic E-state index is 11.0. The molecule has 0 saturated heterocycles. The lowest BCUT2D eigenvalue weighted by Gasteiger charge is -2.13. The Morgan fingerprint density at radius 3 is 2.79 bits per heavy atom. The molecule has 1 aromatic heterocycles. The minimum Gasteiger partial charge on any atom is -0.490 e. The number of hydrogen-bond donors (Lipinski definition) is 0. The molecule has 0 amide bonds. The van der Waals surface area contributed by atoms with Gasteiger partial charge in [0.25, 0.3) is 0 Å². The smallest absolute Gasteiger partial charge is 0.172 e. The Hall–Kier alpha value is -2.36. The highest BCUT2D eigenvalue weighted by Crippen LogP contribution is 2.31. The van der Waals surface area contributed by atoms with Gasteiger partial charge in [-0.1, -0.05) is 12.1 Å². The van der Waals surface area contributed by atoms with Crippen LogP contribution in [0.1, 0.15) is 22.8 Å². The molecule has 0 unspecified atom stereocenters. The van der Waals surface area contributed by atoms with Crippen molar-refractivity contribution < 1.29 is 14.3 Å². The summed E-state index contributed by atoms with van der Waals surface area (Å²) in [6.07, 6.45) is 4.19. The Morgan fingerprint density at radius 1 is 1.21 bits per heavy atom. The van der Waals surface area contributed by atoms with E-state index in [2.05, 4.69) is 4.98 Å². The molecule has 0 N–H and O–H groups in total. The Morgan fingerprint density at radius 2 is 2.11 bits per heavy atom. The molecule has 1 aromatic carbocycles. The number of nitrogens with zero attached hydrogens (tertiary/aromatic N) is 1. The molecule has 4 nitrogen and oxygen atoms in total. The molecule has 4 heteroatoms. The highest BCUT2D eigenvalue weighted by Gasteiger charge is 2.10. The van der Waals surface area contributed by atoms with Crippen molar-refractivity contribution in [2.45, 2.75) is 13.5 Å². The van der Waals surface area contributed by atoms with Gasteiger partial charge in [0.2, 0.25) is 0 Å². The van der Waals surface area contributed by atoms with Gasteiger partial charge in [-0.15, -0.1) is 0 Å². The molecule has 1 heterocycles. The second kappa shape index (κ2) is 6.54. The van der Waals surface area contributed by atoms with Crippen LogP contribution in [0.5, 0.6) is 11.5 Å². The highest BCUT2D eigenvalue weighted by molar-refractivity contribution is 5.81. The van der Waals surface area contributed by atoms with Gasteiger partial charge in [-0.25, -0.2) is 0 Å². The van der Waals surface area contributed by atoms with Crippen LogP contribution in [-0.4, -0.2) is 17.9 Å². The van der Waals surface area contributed by atoms with Crippen molar-refractivity contribution in [1.82, 2.24) is 4.98 Å². The van der Waals surface area contributed by atoms with Crippen LogP contribution >= 0.6 is 0 Å². The van der Waals surface area contributed by atoms with Crippen LogP contribution in [0, 0.1) is 0 Å². The predicted molar refractivity (Wildman–Crippen MR) is 71.6 cm³/mol. The third-order valence-electron chi connectivity index (χ3n) is 2.54. The maximum Gasteiger partial charge on any atom is 0.172 e. The van der Waals surface area contributed by atoms with Gasteiger partial charge in [0, 0.05) is 18.0 Å². The Balaban J connectivity index is 2.20. The lowest BCUT2D eigenvalue weighted by molar-refractivity contribution is 0.111. The molecule has 0 aliphatic rings. The van der Waals surface area contributed by atoms with Crippen molar-refractivity contribution >= 4 is 6.29 Å². The van der Waals surface area contributed by atoms with Crippen LogP contribution in [0.3, 0.4) is 0 Å². The SMILES string of the molecule is CCOc1cccc(C=O)c1OCc1cccnc1. The quantitative estimate of drug-likeness (QED) is 0.746. The van der Waals surface area contributed by atoms with Gasteiger partial charge in [-0.05, 0) is 25.1 Å². The zero-order valence-corrected chi connectivity index (χ0v) is 10.7. The molecule has 0 aliphatic heterocycles. The second-order valence-corrected chi connectivity index (χ2v) is 3.88. The number of carbonyl (C=O) groups is 1. The molecule has 0 spiro atoms. The van der Waals surface area contributed by atoms with Gasteiger partial charge in [0.05, 0.1) is 12.2 Å². The molecular formula is C15H15NO3. The van der Waals surface area contributed by atoms with E-state index in [1.165, 1.54) is 0 Å². The minimum atomic E-state index is 0.346. The second-order valence-electron chi connectivity index (χ2n) is 3.88. The number of carbonyl (C=O) groups excluding carboxylic acids is 1. The first-order valence-corrected chi connectivity index (χ1v) is 6.08. The molecular weight excluding hydrogens is 242 g/mol. The van der Waals surface area contributed by atoms with Gasteiger partial charge in [-0.2, -0.15) is 0 Å². The molecule has 0 saturated carbocycles. The number of pyridine rings is 1. The number of rotatable bonds is 6. The maximum atomic E-state index is 11.0. The van der Waals surface area contributed by atoms with E-state index in [-0.39, 0.29) is 0 Å². The van der Waals surface area contributed by atoms with E-state index in [9.17, 15) is 4.79 Å². The summed E-state index contributed by atoms with van der Waals surface area (Å²) < 4.78 is 11.2. The number of ether oxygens (including phenoxy) is 2. The molecule has 0 fully saturated rings. The van der Waals surface area contributed by atoms with E-state index >= 15 is 0 Å². The van der Waals surface area contributed by atoms with Gasteiger partial charge < -0.3 is 9.47 Å². The van der Waals surface area contributed by atoms with Crippen LogP contribution in [0.4, 0.5) is 0 Å². The van der Waals surface area contributed by atoms with Crippen molar-refractivity contribution in [3.05, 3.63) is 53.9 Å². The summed E-state index contributed by atoms with van der Waals surface area (Å²) >= 11 is 0. The van der Waals surface area contributed by atoms with Gasteiger partial charge >= 0.3 is 0 Å². The average molecular weight is 257 g/mol. The minimum absolute atomic E-state index is 0.346. The van der Waals surface area contributed by atoms with Crippen molar-refractivity contribution in [3.8, 4) is 11.5 Å².